The highest BCUT2D eigenvalue weighted by molar-refractivity contribution is 4.89. The Morgan fingerprint density at radius 3 is 2.31 bits per heavy atom. The first kappa shape index (κ1) is 13.8. The lowest BCUT2D eigenvalue weighted by molar-refractivity contribution is -0.157. The van der Waals surface area contributed by atoms with Gasteiger partial charge in [-0.2, -0.15) is 13.2 Å². The van der Waals surface area contributed by atoms with Crippen molar-refractivity contribution in [2.24, 2.45) is 11.3 Å². The molecule has 0 amide bonds. The van der Waals surface area contributed by atoms with Gasteiger partial charge < -0.3 is 0 Å². The maximum atomic E-state index is 12.3. The van der Waals surface area contributed by atoms with E-state index in [-0.39, 0.29) is 11.5 Å². The van der Waals surface area contributed by atoms with Crippen molar-refractivity contribution in [1.29, 1.82) is 0 Å². The summed E-state index contributed by atoms with van der Waals surface area (Å²) in [6, 6.07) is 0.0303. The summed E-state index contributed by atoms with van der Waals surface area (Å²) in [4.78, 5) is 1.56. The topological polar surface area (TPSA) is 3.24 Å². The second kappa shape index (κ2) is 4.55. The Morgan fingerprint density at radius 2 is 1.94 bits per heavy atom. The molecule has 0 N–H and O–H groups in total. The molecule has 0 aromatic heterocycles. The van der Waals surface area contributed by atoms with Gasteiger partial charge in [-0.05, 0) is 37.6 Å². The lowest BCUT2D eigenvalue weighted by Crippen LogP contribution is -2.49. The normalized spacial score (nSPS) is 33.4. The lowest BCUT2D eigenvalue weighted by atomic mass is 9.69. The van der Waals surface area contributed by atoms with E-state index in [2.05, 4.69) is 20.8 Å². The Hall–Kier alpha value is -0.250. The molecule has 0 aromatic rings. The van der Waals surface area contributed by atoms with Gasteiger partial charge >= 0.3 is 6.18 Å². The van der Waals surface area contributed by atoms with Gasteiger partial charge in [0.15, 0.2) is 0 Å². The van der Waals surface area contributed by atoms with Crippen LogP contribution >= 0.6 is 0 Å². The van der Waals surface area contributed by atoms with Crippen LogP contribution < -0.4 is 0 Å². The number of likely N-dealkylation sites (tertiary alicyclic amines) is 1. The number of hydrogen-bond acceptors (Lipinski definition) is 1. The van der Waals surface area contributed by atoms with Gasteiger partial charge in [0.2, 0.25) is 0 Å². The molecule has 1 heterocycles. The van der Waals surface area contributed by atoms with Crippen molar-refractivity contribution in [2.45, 2.75) is 52.8 Å². The standard InChI is InChI=1S/C12H22F3N/c1-9(2)11(4)5-6-16(10(3)7-11)8-12(13,14)15/h9-10H,5-8H2,1-4H3. The first-order valence-electron chi connectivity index (χ1n) is 5.95. The van der Waals surface area contributed by atoms with Crippen LogP contribution in [0.25, 0.3) is 0 Å². The van der Waals surface area contributed by atoms with E-state index in [0.717, 1.165) is 12.8 Å². The van der Waals surface area contributed by atoms with E-state index < -0.39 is 12.7 Å². The molecule has 1 aliphatic heterocycles. The molecule has 0 saturated carbocycles. The third-order valence-electron chi connectivity index (χ3n) is 4.13. The first-order chi connectivity index (χ1) is 7.14. The van der Waals surface area contributed by atoms with Gasteiger partial charge in [-0.1, -0.05) is 20.8 Å². The fraction of sp³-hybridized carbons (Fsp3) is 1.00. The molecule has 1 nitrogen and oxygen atoms in total. The van der Waals surface area contributed by atoms with Crippen molar-refractivity contribution in [1.82, 2.24) is 4.90 Å². The van der Waals surface area contributed by atoms with Gasteiger partial charge in [-0.25, -0.2) is 0 Å². The number of rotatable bonds is 2. The molecule has 0 radical (unpaired) electrons. The predicted molar refractivity (Wildman–Crippen MR) is 59.3 cm³/mol. The van der Waals surface area contributed by atoms with E-state index in [9.17, 15) is 13.2 Å². The Kier molecular flexibility index (Phi) is 3.93. The molecule has 0 bridgehead atoms. The van der Waals surface area contributed by atoms with Crippen LogP contribution in [-0.4, -0.2) is 30.2 Å². The Bertz CT molecular complexity index is 237. The fourth-order valence-electron chi connectivity index (χ4n) is 2.51. The van der Waals surface area contributed by atoms with Crippen LogP contribution in [0.1, 0.15) is 40.5 Å². The van der Waals surface area contributed by atoms with Crippen LogP contribution in [0, 0.1) is 11.3 Å². The van der Waals surface area contributed by atoms with Crippen LogP contribution in [0.4, 0.5) is 13.2 Å². The molecule has 0 spiro atoms. The van der Waals surface area contributed by atoms with E-state index in [4.69, 9.17) is 0 Å². The number of hydrogen-bond donors (Lipinski definition) is 0. The summed E-state index contributed by atoms with van der Waals surface area (Å²) < 4.78 is 37.0. The molecule has 0 aliphatic carbocycles. The number of nitrogens with zero attached hydrogens (tertiary/aromatic N) is 1. The molecule has 16 heavy (non-hydrogen) atoms. The van der Waals surface area contributed by atoms with Gasteiger partial charge in [0.25, 0.3) is 0 Å². The third-order valence-corrected chi connectivity index (χ3v) is 4.13. The minimum atomic E-state index is -4.07. The Labute approximate surface area is 96.0 Å². The van der Waals surface area contributed by atoms with Crippen LogP contribution in [0.15, 0.2) is 0 Å². The highest BCUT2D eigenvalue weighted by Crippen LogP contribution is 2.41. The van der Waals surface area contributed by atoms with Crippen molar-refractivity contribution in [3.63, 3.8) is 0 Å². The van der Waals surface area contributed by atoms with Crippen molar-refractivity contribution in [3.05, 3.63) is 0 Å². The van der Waals surface area contributed by atoms with Gasteiger partial charge in [0.1, 0.15) is 0 Å². The monoisotopic (exact) mass is 237 g/mol. The van der Waals surface area contributed by atoms with Crippen molar-refractivity contribution in [3.8, 4) is 0 Å². The zero-order chi connectivity index (χ0) is 12.6. The molecule has 1 aliphatic rings. The van der Waals surface area contributed by atoms with Gasteiger partial charge in [-0.15, -0.1) is 0 Å². The third kappa shape index (κ3) is 3.37. The minimum Gasteiger partial charge on any atom is -0.292 e. The van der Waals surface area contributed by atoms with Gasteiger partial charge in [-0.3, -0.25) is 4.90 Å². The van der Waals surface area contributed by atoms with Crippen molar-refractivity contribution in [2.75, 3.05) is 13.1 Å². The summed E-state index contributed by atoms with van der Waals surface area (Å²) >= 11 is 0. The zero-order valence-electron chi connectivity index (χ0n) is 10.6. The van der Waals surface area contributed by atoms with Crippen molar-refractivity contribution >= 4 is 0 Å². The molecule has 1 saturated heterocycles. The van der Waals surface area contributed by atoms with Crippen LogP contribution in [-0.2, 0) is 0 Å². The van der Waals surface area contributed by atoms with Crippen molar-refractivity contribution < 1.29 is 13.2 Å². The van der Waals surface area contributed by atoms with E-state index in [1.807, 2.05) is 6.92 Å². The summed E-state index contributed by atoms with van der Waals surface area (Å²) in [7, 11) is 0. The lowest BCUT2D eigenvalue weighted by Gasteiger charge is -2.46. The SMILES string of the molecule is CC1CC(C)(C(C)C)CCN1CC(F)(F)F. The van der Waals surface area contributed by atoms with E-state index in [1.165, 1.54) is 0 Å². The van der Waals surface area contributed by atoms with Gasteiger partial charge in [0, 0.05) is 6.04 Å². The highest BCUT2D eigenvalue weighted by atomic mass is 19.4. The van der Waals surface area contributed by atoms with Crippen LogP contribution in [0.3, 0.4) is 0 Å². The summed E-state index contributed by atoms with van der Waals surface area (Å²) in [5, 5.41) is 0. The highest BCUT2D eigenvalue weighted by Gasteiger charge is 2.40. The zero-order valence-corrected chi connectivity index (χ0v) is 10.6. The molecular formula is C12H22F3N. The average Bonchev–Trinajstić information content (AvgIpc) is 2.08. The summed E-state index contributed by atoms with van der Waals surface area (Å²) in [5.74, 6) is 0.531. The van der Waals surface area contributed by atoms with Crippen LogP contribution in [0.2, 0.25) is 0 Å². The van der Waals surface area contributed by atoms with Crippen LogP contribution in [0.5, 0.6) is 0 Å². The molecule has 1 rings (SSSR count). The molecule has 2 atom stereocenters. The summed E-state index contributed by atoms with van der Waals surface area (Å²) in [5.41, 5.74) is 0.196. The minimum absolute atomic E-state index is 0.0303. The Morgan fingerprint density at radius 1 is 1.38 bits per heavy atom. The number of halogens is 3. The summed E-state index contributed by atoms with van der Waals surface area (Å²) in [6.45, 7) is 8.22. The predicted octanol–water partition coefficient (Wildman–Crippen LogP) is 3.70. The maximum absolute atomic E-state index is 12.3. The van der Waals surface area contributed by atoms with E-state index in [0.29, 0.717) is 12.5 Å². The van der Waals surface area contributed by atoms with E-state index in [1.54, 1.807) is 4.90 Å². The molecule has 4 heteroatoms. The second-order valence-corrected chi connectivity index (χ2v) is 5.70. The quantitative estimate of drug-likeness (QED) is 0.708. The average molecular weight is 237 g/mol. The Balaban J connectivity index is 2.59. The van der Waals surface area contributed by atoms with E-state index >= 15 is 0 Å². The maximum Gasteiger partial charge on any atom is 0.401 e. The number of alkyl halides is 3. The first-order valence-corrected chi connectivity index (χ1v) is 5.95. The molecule has 0 aromatic carbocycles. The summed E-state index contributed by atoms with van der Waals surface area (Å²) in [6.07, 6.45) is -2.34. The largest absolute Gasteiger partial charge is 0.401 e. The fourth-order valence-corrected chi connectivity index (χ4v) is 2.51. The molecule has 96 valence electrons. The molecule has 1 fully saturated rings. The molecular weight excluding hydrogens is 215 g/mol. The molecule has 2 unspecified atom stereocenters. The smallest absolute Gasteiger partial charge is 0.292 e. The number of piperidine rings is 1. The second-order valence-electron chi connectivity index (χ2n) is 5.70. The van der Waals surface area contributed by atoms with Gasteiger partial charge in [0.05, 0.1) is 6.54 Å².